The number of hydrogen-bond donors (Lipinski definition) is 0. The normalized spacial score (nSPS) is 25.8. The molecule has 0 spiro atoms. The van der Waals surface area contributed by atoms with Crippen LogP contribution < -0.4 is 0 Å². The summed E-state index contributed by atoms with van der Waals surface area (Å²) in [6.07, 6.45) is 4.64. The number of ketones is 1. The zero-order valence-electron chi connectivity index (χ0n) is 14.7. The molecule has 2 nitrogen and oxygen atoms in total. The van der Waals surface area contributed by atoms with Crippen molar-refractivity contribution >= 4 is 5.78 Å². The number of Topliss-reactive ketones (excluding diaryl/α,β-unsaturated/α-hetero) is 1. The van der Waals surface area contributed by atoms with Crippen molar-refractivity contribution in [3.8, 4) is 0 Å². The molecule has 2 fully saturated rings. The molecule has 2 aromatic carbocycles. The highest BCUT2D eigenvalue weighted by Gasteiger charge is 2.41. The van der Waals surface area contributed by atoms with E-state index in [2.05, 4.69) is 17.0 Å². The average molecular weight is 355 g/mol. The predicted molar refractivity (Wildman–Crippen MR) is 96.8 cm³/mol. The van der Waals surface area contributed by atoms with Gasteiger partial charge in [-0.1, -0.05) is 42.8 Å². The van der Waals surface area contributed by atoms with E-state index < -0.39 is 11.6 Å². The second kappa shape index (κ2) is 7.28. The van der Waals surface area contributed by atoms with Crippen LogP contribution in [0.2, 0.25) is 0 Å². The van der Waals surface area contributed by atoms with E-state index in [-0.39, 0.29) is 17.3 Å². The van der Waals surface area contributed by atoms with E-state index in [0.717, 1.165) is 25.8 Å². The fraction of sp³-hybridized carbons (Fsp3) is 0.409. The largest absolute Gasteiger partial charge is 0.294 e. The van der Waals surface area contributed by atoms with Crippen molar-refractivity contribution in [2.45, 2.75) is 50.7 Å². The number of nitrogens with zero attached hydrogens (tertiary/aromatic N) is 1. The summed E-state index contributed by atoms with van der Waals surface area (Å²) in [4.78, 5) is 15.3. The average Bonchev–Trinajstić information content (AvgIpc) is 2.62. The first-order valence-corrected chi connectivity index (χ1v) is 9.41. The van der Waals surface area contributed by atoms with Crippen molar-refractivity contribution < 1.29 is 13.6 Å². The molecule has 2 atom stereocenters. The molecule has 2 unspecified atom stereocenters. The Labute approximate surface area is 152 Å². The van der Waals surface area contributed by atoms with Gasteiger partial charge in [-0.15, -0.1) is 0 Å². The lowest BCUT2D eigenvalue weighted by molar-refractivity contribution is 0.00882. The topological polar surface area (TPSA) is 20.3 Å². The lowest BCUT2D eigenvalue weighted by atomic mass is 9.75. The Morgan fingerprint density at radius 2 is 1.54 bits per heavy atom. The Morgan fingerprint density at radius 3 is 2.15 bits per heavy atom. The Kier molecular flexibility index (Phi) is 4.86. The summed E-state index contributed by atoms with van der Waals surface area (Å²) in [6.45, 7) is 0.880. The molecule has 0 aliphatic carbocycles. The summed E-state index contributed by atoms with van der Waals surface area (Å²) in [7, 11) is 0. The third kappa shape index (κ3) is 3.30. The second-order valence-corrected chi connectivity index (χ2v) is 7.53. The Hall–Kier alpha value is -2.07. The highest BCUT2D eigenvalue weighted by Crippen LogP contribution is 2.39. The van der Waals surface area contributed by atoms with Crippen molar-refractivity contribution in [3.05, 3.63) is 71.3 Å². The van der Waals surface area contributed by atoms with Crippen molar-refractivity contribution in [2.24, 2.45) is 5.92 Å². The van der Waals surface area contributed by atoms with E-state index >= 15 is 0 Å². The van der Waals surface area contributed by atoms with Gasteiger partial charge in [0, 0.05) is 24.5 Å². The van der Waals surface area contributed by atoms with Gasteiger partial charge in [0.1, 0.15) is 11.6 Å². The number of rotatable bonds is 4. The monoisotopic (exact) mass is 355 g/mol. The number of benzene rings is 2. The van der Waals surface area contributed by atoms with Crippen LogP contribution in [0.5, 0.6) is 0 Å². The third-order valence-electron chi connectivity index (χ3n) is 5.91. The van der Waals surface area contributed by atoms with Gasteiger partial charge in [0.05, 0.1) is 5.56 Å². The second-order valence-electron chi connectivity index (χ2n) is 7.53. The van der Waals surface area contributed by atoms with Gasteiger partial charge in [-0.2, -0.15) is 0 Å². The van der Waals surface area contributed by atoms with E-state index in [1.807, 2.05) is 18.2 Å². The van der Waals surface area contributed by atoms with Crippen LogP contribution in [0.25, 0.3) is 0 Å². The maximum atomic E-state index is 14.0. The molecule has 26 heavy (non-hydrogen) atoms. The van der Waals surface area contributed by atoms with Crippen molar-refractivity contribution in [2.75, 3.05) is 0 Å². The van der Waals surface area contributed by atoms with Crippen molar-refractivity contribution in [3.63, 3.8) is 0 Å². The molecule has 2 aliphatic heterocycles. The van der Waals surface area contributed by atoms with Gasteiger partial charge in [0.15, 0.2) is 5.78 Å². The van der Waals surface area contributed by atoms with Gasteiger partial charge in [0.25, 0.3) is 0 Å². The van der Waals surface area contributed by atoms with Crippen LogP contribution in [0.4, 0.5) is 8.78 Å². The standard InChI is InChI=1S/C22H23F2NO/c23-19-10-5-11-20(24)21(19)22(26)16-12-17-8-4-9-18(13-16)25(17)14-15-6-2-1-3-7-15/h1-3,5-7,10-11,16-18H,4,8-9,12-14H2. The smallest absolute Gasteiger partial charge is 0.171 e. The molecular formula is C22H23F2NO. The zero-order valence-corrected chi connectivity index (χ0v) is 14.7. The van der Waals surface area contributed by atoms with Gasteiger partial charge in [-0.3, -0.25) is 9.69 Å². The Bertz CT molecular complexity index is 758. The highest BCUT2D eigenvalue weighted by molar-refractivity contribution is 5.98. The maximum absolute atomic E-state index is 14.0. The molecule has 2 heterocycles. The summed E-state index contributed by atoms with van der Waals surface area (Å²) in [6, 6.07) is 14.6. The van der Waals surface area contributed by atoms with Crippen LogP contribution in [-0.4, -0.2) is 22.8 Å². The minimum absolute atomic E-state index is 0.288. The minimum atomic E-state index is -0.744. The first-order valence-electron chi connectivity index (χ1n) is 9.41. The predicted octanol–water partition coefficient (Wildman–Crippen LogP) is 4.98. The molecule has 2 aliphatic rings. The summed E-state index contributed by atoms with van der Waals surface area (Å²) in [5, 5.41) is 0. The lowest BCUT2D eigenvalue weighted by Gasteiger charge is -2.48. The molecule has 0 aromatic heterocycles. The molecule has 2 bridgehead atoms. The van der Waals surface area contributed by atoms with E-state index in [4.69, 9.17) is 0 Å². The molecule has 0 radical (unpaired) electrons. The van der Waals surface area contributed by atoms with Crippen LogP contribution in [0.3, 0.4) is 0 Å². The van der Waals surface area contributed by atoms with Gasteiger partial charge < -0.3 is 0 Å². The fourth-order valence-electron chi connectivity index (χ4n) is 4.68. The summed E-state index contributed by atoms with van der Waals surface area (Å²) in [5.41, 5.74) is 0.918. The van der Waals surface area contributed by atoms with Gasteiger partial charge in [0.2, 0.25) is 0 Å². The van der Waals surface area contributed by atoms with Crippen LogP contribution >= 0.6 is 0 Å². The van der Waals surface area contributed by atoms with Crippen LogP contribution in [0.15, 0.2) is 48.5 Å². The van der Waals surface area contributed by atoms with E-state index in [0.29, 0.717) is 24.9 Å². The molecule has 2 aromatic rings. The minimum Gasteiger partial charge on any atom is -0.294 e. The van der Waals surface area contributed by atoms with Crippen LogP contribution in [0.1, 0.15) is 48.0 Å². The van der Waals surface area contributed by atoms with E-state index in [1.165, 1.54) is 23.8 Å². The first kappa shape index (κ1) is 17.3. The maximum Gasteiger partial charge on any atom is 0.171 e. The van der Waals surface area contributed by atoms with Crippen LogP contribution in [-0.2, 0) is 6.54 Å². The van der Waals surface area contributed by atoms with Gasteiger partial charge in [-0.25, -0.2) is 8.78 Å². The van der Waals surface area contributed by atoms with Gasteiger partial charge in [-0.05, 0) is 43.4 Å². The number of carbonyl (C=O) groups excluding carboxylic acids is 1. The zero-order chi connectivity index (χ0) is 18.1. The third-order valence-corrected chi connectivity index (χ3v) is 5.91. The number of carbonyl (C=O) groups is 1. The van der Waals surface area contributed by atoms with E-state index in [1.54, 1.807) is 0 Å². The number of piperidine rings is 2. The molecule has 4 heteroatoms. The molecule has 0 amide bonds. The quantitative estimate of drug-likeness (QED) is 0.721. The lowest BCUT2D eigenvalue weighted by Crippen LogP contribution is -2.52. The van der Waals surface area contributed by atoms with Crippen LogP contribution in [0, 0.1) is 17.6 Å². The summed E-state index contributed by atoms with van der Waals surface area (Å²) in [5.74, 6) is -2.14. The number of hydrogen-bond acceptors (Lipinski definition) is 2. The number of fused-ring (bicyclic) bond motifs is 2. The van der Waals surface area contributed by atoms with Crippen molar-refractivity contribution in [1.82, 2.24) is 4.90 Å². The van der Waals surface area contributed by atoms with Crippen molar-refractivity contribution in [1.29, 1.82) is 0 Å². The van der Waals surface area contributed by atoms with E-state index in [9.17, 15) is 13.6 Å². The fourth-order valence-corrected chi connectivity index (χ4v) is 4.68. The molecular weight excluding hydrogens is 332 g/mol. The van der Waals surface area contributed by atoms with Gasteiger partial charge >= 0.3 is 0 Å². The summed E-state index contributed by atoms with van der Waals surface area (Å²) < 4.78 is 28.1. The molecule has 0 saturated carbocycles. The molecule has 0 N–H and O–H groups in total. The molecule has 136 valence electrons. The number of halogens is 2. The molecule has 2 saturated heterocycles. The molecule has 4 rings (SSSR count). The first-order chi connectivity index (χ1) is 12.6. The summed E-state index contributed by atoms with van der Waals surface area (Å²) >= 11 is 0. The Balaban J connectivity index is 1.53. The Morgan fingerprint density at radius 1 is 0.923 bits per heavy atom. The highest BCUT2D eigenvalue weighted by atomic mass is 19.1. The SMILES string of the molecule is O=C(c1c(F)cccc1F)C1CC2CCCC(C1)N2Cc1ccccc1.